The number of pyridine rings is 3. The van der Waals surface area contributed by atoms with Gasteiger partial charge in [-0.05, 0) is 61.0 Å². The maximum absolute atomic E-state index is 5.01. The summed E-state index contributed by atoms with van der Waals surface area (Å²) in [4.78, 5) is 17.4. The molecule has 190 valence electrons. The molecule has 0 spiro atoms. The molecule has 0 atom stereocenters. The lowest BCUT2D eigenvalue weighted by molar-refractivity contribution is 0.478. The molecule has 0 saturated carbocycles. The second-order valence-corrected chi connectivity index (χ2v) is 10.1. The molecule has 0 unspecified atom stereocenters. The summed E-state index contributed by atoms with van der Waals surface area (Å²) in [5.41, 5.74) is 9.54. The minimum absolute atomic E-state index is 0.0764. The Balaban J connectivity index is 1.55. The van der Waals surface area contributed by atoms with Crippen molar-refractivity contribution in [1.29, 1.82) is 0 Å². The second-order valence-electron chi connectivity index (χ2n) is 10.1. The van der Waals surface area contributed by atoms with E-state index in [9.17, 15) is 0 Å². The Bertz CT molecular complexity index is 1710. The first-order valence-electron chi connectivity index (χ1n) is 12.5. The van der Waals surface area contributed by atoms with Gasteiger partial charge < -0.3 is 10.3 Å². The zero-order valence-electron chi connectivity index (χ0n) is 22.1. The van der Waals surface area contributed by atoms with Crippen LogP contribution in [0.1, 0.15) is 33.4 Å². The molecular formula is C31H31N7. The van der Waals surface area contributed by atoms with Crippen molar-refractivity contribution in [2.24, 2.45) is 5.41 Å². The van der Waals surface area contributed by atoms with Crippen molar-refractivity contribution < 1.29 is 0 Å². The van der Waals surface area contributed by atoms with Crippen LogP contribution in [0.4, 0.5) is 0 Å². The number of hydrogen-bond donors (Lipinski definition) is 3. The highest BCUT2D eigenvalue weighted by atomic mass is 15.1. The molecule has 5 aromatic rings. The molecule has 0 aliphatic rings. The van der Waals surface area contributed by atoms with E-state index in [2.05, 4.69) is 70.5 Å². The summed E-state index contributed by atoms with van der Waals surface area (Å²) in [6.07, 6.45) is 11.2. The van der Waals surface area contributed by atoms with Gasteiger partial charge in [-0.15, -0.1) is 0 Å². The number of H-pyrrole nitrogens is 2. The van der Waals surface area contributed by atoms with Gasteiger partial charge in [-0.1, -0.05) is 40.0 Å². The lowest BCUT2D eigenvalue weighted by atomic mass is 9.92. The van der Waals surface area contributed by atoms with E-state index in [-0.39, 0.29) is 5.41 Å². The standard InChI is InChI=1S/C31H31N7/c1-7-20(16-22(8-2)34-19(3)31(4,5)6)24-11-12-26-29(36-24)30(38-37-26)27-17-23-25(35-27)13-15-33-28(23)21-10-9-14-32-18-21/h7-18,34-35H,2-3H2,1,4-6H3,(H,37,38)/b20-7+,22-16+. The molecular weight excluding hydrogens is 470 g/mol. The maximum atomic E-state index is 5.01. The Morgan fingerprint density at radius 3 is 2.61 bits per heavy atom. The zero-order valence-corrected chi connectivity index (χ0v) is 22.1. The Kier molecular flexibility index (Phi) is 6.51. The minimum Gasteiger partial charge on any atom is -0.359 e. The Morgan fingerprint density at radius 1 is 1.05 bits per heavy atom. The van der Waals surface area contributed by atoms with Gasteiger partial charge in [-0.25, -0.2) is 4.98 Å². The van der Waals surface area contributed by atoms with Crippen molar-refractivity contribution in [3.63, 3.8) is 0 Å². The number of nitrogens with one attached hydrogen (secondary N) is 3. The van der Waals surface area contributed by atoms with E-state index in [0.29, 0.717) is 0 Å². The Labute approximate surface area is 222 Å². The van der Waals surface area contributed by atoms with E-state index in [1.165, 1.54) is 0 Å². The number of aromatic nitrogens is 6. The Hall–Kier alpha value is -4.78. The van der Waals surface area contributed by atoms with Gasteiger partial charge in [0, 0.05) is 51.9 Å². The van der Waals surface area contributed by atoms with E-state index >= 15 is 0 Å². The van der Waals surface area contributed by atoms with Crippen LogP contribution < -0.4 is 5.32 Å². The van der Waals surface area contributed by atoms with Crippen LogP contribution in [0.2, 0.25) is 0 Å². The average molecular weight is 502 g/mol. The monoisotopic (exact) mass is 501 g/mol. The van der Waals surface area contributed by atoms with Crippen LogP contribution in [0.15, 0.2) is 97.8 Å². The van der Waals surface area contributed by atoms with Gasteiger partial charge in [0.2, 0.25) is 0 Å². The highest BCUT2D eigenvalue weighted by Crippen LogP contribution is 2.33. The highest BCUT2D eigenvalue weighted by Gasteiger charge is 2.17. The second kappa shape index (κ2) is 9.94. The predicted molar refractivity (Wildman–Crippen MR) is 156 cm³/mol. The van der Waals surface area contributed by atoms with Gasteiger partial charge in [-0.3, -0.25) is 15.1 Å². The van der Waals surface area contributed by atoms with Crippen molar-refractivity contribution in [3.05, 3.63) is 103 Å². The molecule has 0 aliphatic heterocycles. The summed E-state index contributed by atoms with van der Waals surface area (Å²) in [6.45, 7) is 16.5. The van der Waals surface area contributed by atoms with Crippen molar-refractivity contribution >= 4 is 27.5 Å². The molecule has 7 nitrogen and oxygen atoms in total. The number of allylic oxidation sites excluding steroid dienone is 5. The first kappa shape index (κ1) is 24.9. The summed E-state index contributed by atoms with van der Waals surface area (Å²) < 4.78 is 0. The fourth-order valence-corrected chi connectivity index (χ4v) is 4.14. The summed E-state index contributed by atoms with van der Waals surface area (Å²) in [6, 6.07) is 12.0. The molecule has 0 aliphatic carbocycles. The number of fused-ring (bicyclic) bond motifs is 2. The fourth-order valence-electron chi connectivity index (χ4n) is 4.14. The molecule has 0 aromatic carbocycles. The molecule has 0 radical (unpaired) electrons. The molecule has 5 rings (SSSR count). The molecule has 5 heterocycles. The van der Waals surface area contributed by atoms with Gasteiger partial charge in [-0.2, -0.15) is 5.10 Å². The third kappa shape index (κ3) is 4.78. The topological polar surface area (TPSA) is 95.2 Å². The summed E-state index contributed by atoms with van der Waals surface area (Å²) in [5.74, 6) is 0. The van der Waals surface area contributed by atoms with Crippen LogP contribution in [0, 0.1) is 5.41 Å². The van der Waals surface area contributed by atoms with E-state index in [0.717, 1.165) is 67.2 Å². The fraction of sp³-hybridized carbons (Fsp3) is 0.161. The zero-order chi connectivity index (χ0) is 26.9. The van der Waals surface area contributed by atoms with Crippen LogP contribution >= 0.6 is 0 Å². The first-order chi connectivity index (χ1) is 18.3. The van der Waals surface area contributed by atoms with E-state index in [4.69, 9.17) is 4.98 Å². The van der Waals surface area contributed by atoms with Gasteiger partial charge in [0.05, 0.1) is 22.6 Å². The van der Waals surface area contributed by atoms with Crippen molar-refractivity contribution in [3.8, 4) is 22.6 Å². The first-order valence-corrected chi connectivity index (χ1v) is 12.5. The van der Waals surface area contributed by atoms with Crippen LogP contribution in [-0.2, 0) is 0 Å². The van der Waals surface area contributed by atoms with Crippen molar-refractivity contribution in [1.82, 2.24) is 35.5 Å². The number of nitrogens with zero attached hydrogens (tertiary/aromatic N) is 4. The lowest BCUT2D eigenvalue weighted by Gasteiger charge is -2.23. The van der Waals surface area contributed by atoms with Gasteiger partial charge in [0.1, 0.15) is 11.2 Å². The average Bonchev–Trinajstić information content (AvgIpc) is 3.54. The molecule has 7 heteroatoms. The molecule has 0 fully saturated rings. The minimum atomic E-state index is -0.0764. The van der Waals surface area contributed by atoms with Gasteiger partial charge in [0.15, 0.2) is 0 Å². The third-order valence-corrected chi connectivity index (χ3v) is 6.48. The van der Waals surface area contributed by atoms with Crippen LogP contribution in [0.3, 0.4) is 0 Å². The quantitative estimate of drug-likeness (QED) is 0.205. The Morgan fingerprint density at radius 2 is 1.89 bits per heavy atom. The third-order valence-electron chi connectivity index (χ3n) is 6.48. The largest absolute Gasteiger partial charge is 0.359 e. The van der Waals surface area contributed by atoms with Gasteiger partial charge >= 0.3 is 0 Å². The molecule has 0 bridgehead atoms. The molecule has 38 heavy (non-hydrogen) atoms. The summed E-state index contributed by atoms with van der Waals surface area (Å²) in [5, 5.41) is 12.1. The SMILES string of the molecule is C=C/C(=C\C(=C/C)c1ccc2[nH]nc(-c3cc4c(-c5cccnc5)nccc4[nH]3)c2n1)NC(=C)C(C)(C)C. The summed E-state index contributed by atoms with van der Waals surface area (Å²) in [7, 11) is 0. The number of rotatable bonds is 7. The van der Waals surface area contributed by atoms with Crippen molar-refractivity contribution in [2.75, 3.05) is 0 Å². The lowest BCUT2D eigenvalue weighted by Crippen LogP contribution is -2.22. The molecule has 5 aromatic heterocycles. The normalized spacial score (nSPS) is 12.7. The molecule has 0 amide bonds. The number of aromatic amines is 2. The smallest absolute Gasteiger partial charge is 0.135 e. The van der Waals surface area contributed by atoms with Crippen LogP contribution in [0.25, 0.3) is 50.2 Å². The number of hydrogen-bond acceptors (Lipinski definition) is 5. The molecule has 0 saturated heterocycles. The maximum Gasteiger partial charge on any atom is 0.135 e. The summed E-state index contributed by atoms with van der Waals surface area (Å²) >= 11 is 0. The van der Waals surface area contributed by atoms with Crippen molar-refractivity contribution in [2.45, 2.75) is 27.7 Å². The van der Waals surface area contributed by atoms with Gasteiger partial charge in [0.25, 0.3) is 0 Å². The van der Waals surface area contributed by atoms with E-state index < -0.39 is 0 Å². The van der Waals surface area contributed by atoms with E-state index in [1.54, 1.807) is 18.5 Å². The highest BCUT2D eigenvalue weighted by molar-refractivity contribution is 5.99. The molecule has 3 N–H and O–H groups in total. The predicted octanol–water partition coefficient (Wildman–Crippen LogP) is 7.19. The van der Waals surface area contributed by atoms with Crippen LogP contribution in [-0.4, -0.2) is 30.1 Å². The van der Waals surface area contributed by atoms with Crippen LogP contribution in [0.5, 0.6) is 0 Å². The van der Waals surface area contributed by atoms with E-state index in [1.807, 2.05) is 55.6 Å².